The Kier molecular flexibility index (Phi) is 4.20. The molecule has 0 fully saturated rings. The van der Waals surface area contributed by atoms with E-state index in [1.807, 2.05) is 13.8 Å². The molecule has 0 saturated heterocycles. The number of hydrogen-bond acceptors (Lipinski definition) is 5. The number of nitrogens with two attached hydrogens (primary N) is 1. The zero-order valence-electron chi connectivity index (χ0n) is 11.9. The summed E-state index contributed by atoms with van der Waals surface area (Å²) >= 11 is 1.22. The maximum Gasteiger partial charge on any atom is 0.266 e. The van der Waals surface area contributed by atoms with Crippen LogP contribution in [0.25, 0.3) is 0 Å². The Labute approximate surface area is 127 Å². The van der Waals surface area contributed by atoms with Crippen LogP contribution in [0.1, 0.15) is 23.1 Å². The van der Waals surface area contributed by atoms with Crippen LogP contribution in [0.5, 0.6) is 0 Å². The van der Waals surface area contributed by atoms with Crippen LogP contribution in [0.2, 0.25) is 0 Å². The summed E-state index contributed by atoms with van der Waals surface area (Å²) in [6.07, 6.45) is 0.704. The first-order valence-electron chi connectivity index (χ1n) is 6.29. The zero-order valence-corrected chi connectivity index (χ0v) is 13.5. The van der Waals surface area contributed by atoms with Crippen LogP contribution in [0, 0.1) is 19.7 Å². The molecule has 8 heteroatoms. The first kappa shape index (κ1) is 15.7. The molecule has 0 radical (unpaired) electrons. The molecule has 0 saturated carbocycles. The highest BCUT2D eigenvalue weighted by Gasteiger charge is 2.22. The van der Waals surface area contributed by atoms with Gasteiger partial charge in [0.1, 0.15) is 10.7 Å². The molecule has 2 rings (SSSR count). The lowest BCUT2D eigenvalue weighted by molar-refractivity contribution is 0.570. The van der Waals surface area contributed by atoms with Crippen LogP contribution in [0.3, 0.4) is 0 Å². The van der Waals surface area contributed by atoms with Gasteiger partial charge in [0.05, 0.1) is 5.69 Å². The van der Waals surface area contributed by atoms with Crippen LogP contribution >= 0.6 is 11.3 Å². The second-order valence-electron chi connectivity index (χ2n) is 4.62. The highest BCUT2D eigenvalue weighted by atomic mass is 32.2. The summed E-state index contributed by atoms with van der Waals surface area (Å²) in [4.78, 5) is 4.64. The largest absolute Gasteiger partial charge is 0.398 e. The van der Waals surface area contributed by atoms with Gasteiger partial charge in [-0.15, -0.1) is 11.3 Å². The average Bonchev–Trinajstić information content (AvgIpc) is 2.72. The molecule has 0 aliphatic carbocycles. The number of anilines is 2. The minimum absolute atomic E-state index is 0.223. The molecule has 0 atom stereocenters. The van der Waals surface area contributed by atoms with E-state index in [-0.39, 0.29) is 10.8 Å². The van der Waals surface area contributed by atoms with Crippen molar-refractivity contribution in [2.24, 2.45) is 0 Å². The van der Waals surface area contributed by atoms with Gasteiger partial charge >= 0.3 is 0 Å². The monoisotopic (exact) mass is 329 g/mol. The molecule has 1 heterocycles. The van der Waals surface area contributed by atoms with Crippen LogP contribution in [-0.2, 0) is 16.4 Å². The molecule has 0 aliphatic heterocycles. The van der Waals surface area contributed by atoms with E-state index in [1.165, 1.54) is 11.3 Å². The molecule has 0 amide bonds. The van der Waals surface area contributed by atoms with E-state index in [9.17, 15) is 12.8 Å². The number of benzene rings is 1. The van der Waals surface area contributed by atoms with Gasteiger partial charge in [-0.05, 0) is 38.0 Å². The Hall–Kier alpha value is -1.67. The van der Waals surface area contributed by atoms with E-state index in [2.05, 4.69) is 9.71 Å². The van der Waals surface area contributed by atoms with Gasteiger partial charge in [0.15, 0.2) is 5.13 Å². The quantitative estimate of drug-likeness (QED) is 0.845. The van der Waals surface area contributed by atoms with Gasteiger partial charge in [-0.2, -0.15) is 0 Å². The summed E-state index contributed by atoms with van der Waals surface area (Å²) in [6, 6.07) is 2.22. The van der Waals surface area contributed by atoms with Crippen molar-refractivity contribution in [3.8, 4) is 0 Å². The lowest BCUT2D eigenvalue weighted by atomic mass is 10.2. The number of nitrogens with zero attached hydrogens (tertiary/aromatic N) is 1. The molecular weight excluding hydrogens is 313 g/mol. The maximum atomic E-state index is 13.9. The maximum absolute atomic E-state index is 13.9. The van der Waals surface area contributed by atoms with Gasteiger partial charge in [0, 0.05) is 10.6 Å². The Morgan fingerprint density at radius 1 is 1.38 bits per heavy atom. The molecule has 1 aromatic carbocycles. The molecule has 0 spiro atoms. The Bertz CT molecular complexity index is 785. The number of hydrogen-bond donors (Lipinski definition) is 2. The summed E-state index contributed by atoms with van der Waals surface area (Å²) < 4.78 is 40.7. The third-order valence-electron chi connectivity index (χ3n) is 3.06. The first-order chi connectivity index (χ1) is 9.74. The lowest BCUT2D eigenvalue weighted by Crippen LogP contribution is -2.15. The third-order valence-corrected chi connectivity index (χ3v) is 5.47. The predicted octanol–water partition coefficient (Wildman–Crippen LogP) is 2.84. The van der Waals surface area contributed by atoms with E-state index in [1.54, 1.807) is 6.92 Å². The van der Waals surface area contributed by atoms with Crippen molar-refractivity contribution in [3.05, 3.63) is 34.1 Å². The fourth-order valence-corrected chi connectivity index (χ4v) is 4.08. The summed E-state index contributed by atoms with van der Waals surface area (Å²) in [5, 5.41) is 0.225. The van der Waals surface area contributed by atoms with Crippen molar-refractivity contribution in [3.63, 3.8) is 0 Å². The molecule has 2 aromatic rings. The van der Waals surface area contributed by atoms with E-state index < -0.39 is 20.7 Å². The van der Waals surface area contributed by atoms with Gasteiger partial charge < -0.3 is 5.73 Å². The zero-order chi connectivity index (χ0) is 15.8. The second-order valence-corrected chi connectivity index (χ2v) is 7.47. The van der Waals surface area contributed by atoms with E-state index >= 15 is 0 Å². The Morgan fingerprint density at radius 2 is 2.05 bits per heavy atom. The van der Waals surface area contributed by atoms with Crippen molar-refractivity contribution in [1.82, 2.24) is 4.98 Å². The summed E-state index contributed by atoms with van der Waals surface area (Å²) in [7, 11) is -4.05. The topological polar surface area (TPSA) is 85.1 Å². The number of aromatic nitrogens is 1. The second kappa shape index (κ2) is 5.61. The van der Waals surface area contributed by atoms with Crippen LogP contribution in [-0.4, -0.2) is 13.4 Å². The molecule has 0 unspecified atom stereocenters. The number of sulfonamides is 1. The molecule has 0 bridgehead atoms. The average molecular weight is 329 g/mol. The minimum Gasteiger partial charge on any atom is -0.398 e. The van der Waals surface area contributed by atoms with Crippen molar-refractivity contribution in [1.29, 1.82) is 0 Å². The van der Waals surface area contributed by atoms with E-state index in [0.717, 1.165) is 22.7 Å². The first-order valence-corrected chi connectivity index (χ1v) is 8.59. The number of nitrogen functional groups attached to an aromatic ring is 1. The lowest BCUT2D eigenvalue weighted by Gasteiger charge is -2.08. The van der Waals surface area contributed by atoms with Crippen molar-refractivity contribution in [2.45, 2.75) is 32.1 Å². The van der Waals surface area contributed by atoms with Gasteiger partial charge in [-0.1, -0.05) is 6.92 Å². The number of nitrogens with one attached hydrogen (secondary N) is 1. The van der Waals surface area contributed by atoms with E-state index in [0.29, 0.717) is 12.0 Å². The highest BCUT2D eigenvalue weighted by molar-refractivity contribution is 7.93. The number of rotatable bonds is 4. The molecule has 1 aromatic heterocycles. The normalized spacial score (nSPS) is 11.6. The standard InChI is InChI=1S/C13H16FN3O2S2/c1-4-11-8(3)20-13(16-11)17-21(18,19)12-6-10(15)7(2)5-9(12)14/h5-6H,4,15H2,1-3H3,(H,16,17). The highest BCUT2D eigenvalue weighted by Crippen LogP contribution is 2.27. The molecule has 0 aliphatic rings. The van der Waals surface area contributed by atoms with Gasteiger partial charge in [-0.3, -0.25) is 4.72 Å². The van der Waals surface area contributed by atoms with Crippen molar-refractivity contribution >= 4 is 32.2 Å². The SMILES string of the molecule is CCc1nc(NS(=O)(=O)c2cc(N)c(C)cc2F)sc1C. The minimum atomic E-state index is -4.05. The van der Waals surface area contributed by atoms with E-state index in [4.69, 9.17) is 5.73 Å². The molecule has 114 valence electrons. The third kappa shape index (κ3) is 3.16. The summed E-state index contributed by atoms with van der Waals surface area (Å²) in [5.74, 6) is -0.835. The Balaban J connectivity index is 2.40. The molecule has 3 N–H and O–H groups in total. The van der Waals surface area contributed by atoms with Crippen molar-refractivity contribution < 1.29 is 12.8 Å². The van der Waals surface area contributed by atoms with Gasteiger partial charge in [0.25, 0.3) is 10.0 Å². The Morgan fingerprint density at radius 3 is 2.62 bits per heavy atom. The number of thiazole rings is 1. The number of halogens is 1. The smallest absolute Gasteiger partial charge is 0.266 e. The van der Waals surface area contributed by atoms with Crippen LogP contribution < -0.4 is 10.5 Å². The summed E-state index contributed by atoms with van der Waals surface area (Å²) in [5.41, 5.74) is 7.19. The number of aryl methyl sites for hydroxylation is 3. The predicted molar refractivity (Wildman–Crippen MR) is 82.6 cm³/mol. The van der Waals surface area contributed by atoms with Crippen LogP contribution in [0.15, 0.2) is 17.0 Å². The van der Waals surface area contributed by atoms with Crippen LogP contribution in [0.4, 0.5) is 15.2 Å². The fourth-order valence-electron chi connectivity index (χ4n) is 1.84. The van der Waals surface area contributed by atoms with Crippen molar-refractivity contribution in [2.75, 3.05) is 10.5 Å². The van der Waals surface area contributed by atoms with Gasteiger partial charge in [0.2, 0.25) is 0 Å². The fraction of sp³-hybridized carbons (Fsp3) is 0.308. The summed E-state index contributed by atoms with van der Waals surface area (Å²) in [6.45, 7) is 5.40. The molecule has 5 nitrogen and oxygen atoms in total. The molecule has 21 heavy (non-hydrogen) atoms. The van der Waals surface area contributed by atoms with Gasteiger partial charge in [-0.25, -0.2) is 17.8 Å². The molecular formula is C13H16FN3O2S2.